The number of nitrogens with one attached hydrogen (secondary N) is 1. The maximum absolute atomic E-state index is 14.0. The largest absolute Gasteiger partial charge is 0.410 e. The van der Waals surface area contributed by atoms with E-state index in [1.807, 2.05) is 49.4 Å². The summed E-state index contributed by atoms with van der Waals surface area (Å²) in [4.78, 5) is 17.2. The first-order chi connectivity index (χ1) is 16.7. The molecule has 6 nitrogen and oxygen atoms in total. The summed E-state index contributed by atoms with van der Waals surface area (Å²) in [6.45, 7) is 4.01. The molecule has 1 N–H and O–H groups in total. The first-order valence-electron chi connectivity index (χ1n) is 11.5. The third-order valence-electron chi connectivity index (χ3n) is 6.69. The average Bonchev–Trinajstić information content (AvgIpc) is 3.27. The fraction of sp³-hybridized carbons (Fsp3) is 0.360. The highest BCUT2D eigenvalue weighted by Gasteiger charge is 2.47. The lowest BCUT2D eigenvalue weighted by molar-refractivity contribution is -0.173. The van der Waals surface area contributed by atoms with Crippen LogP contribution in [0.3, 0.4) is 0 Å². The van der Waals surface area contributed by atoms with Crippen molar-refractivity contribution < 1.29 is 18.0 Å². The van der Waals surface area contributed by atoms with Crippen LogP contribution in [-0.2, 0) is 0 Å². The number of anilines is 2. The molecule has 0 aliphatic carbocycles. The van der Waals surface area contributed by atoms with Crippen molar-refractivity contribution in [2.75, 3.05) is 36.4 Å². The third-order valence-corrected chi connectivity index (χ3v) is 6.92. The number of aromatic nitrogens is 2. The standard InChI is InChI=1S/C25H25ClF3N5O/c1-16-5-7-17(8-6-16)21-14-22(25(27,28)29)34-23(31-21)20(15-30-34)24(35)33-11-9-32(10-12-33)19-4-2-3-18(26)13-19/h2-8,13,15,21-22,31H,9-12,14H2,1H3. The number of halogens is 4. The smallest absolute Gasteiger partial charge is 0.368 e. The van der Waals surface area contributed by atoms with Gasteiger partial charge in [0.25, 0.3) is 5.91 Å². The van der Waals surface area contributed by atoms with E-state index in [4.69, 9.17) is 11.6 Å². The van der Waals surface area contributed by atoms with Crippen molar-refractivity contribution in [3.8, 4) is 0 Å². The minimum absolute atomic E-state index is 0.117. The van der Waals surface area contributed by atoms with Gasteiger partial charge in [0.15, 0.2) is 6.04 Å². The Morgan fingerprint density at radius 2 is 1.80 bits per heavy atom. The van der Waals surface area contributed by atoms with Crippen LogP contribution in [0.2, 0.25) is 5.02 Å². The molecule has 2 unspecified atom stereocenters. The highest BCUT2D eigenvalue weighted by Crippen LogP contribution is 2.44. The van der Waals surface area contributed by atoms with Gasteiger partial charge in [0.1, 0.15) is 11.4 Å². The molecule has 184 valence electrons. The van der Waals surface area contributed by atoms with Gasteiger partial charge in [-0.15, -0.1) is 0 Å². The van der Waals surface area contributed by atoms with Crippen LogP contribution in [0.4, 0.5) is 24.7 Å². The van der Waals surface area contributed by atoms with Crippen LogP contribution in [0.1, 0.15) is 40.0 Å². The first-order valence-corrected chi connectivity index (χ1v) is 11.9. The topological polar surface area (TPSA) is 53.4 Å². The second kappa shape index (κ2) is 9.11. The number of hydrogen-bond acceptors (Lipinski definition) is 4. The van der Waals surface area contributed by atoms with Crippen LogP contribution in [-0.4, -0.2) is 52.9 Å². The zero-order valence-electron chi connectivity index (χ0n) is 19.1. The maximum Gasteiger partial charge on any atom is 0.410 e. The summed E-state index contributed by atoms with van der Waals surface area (Å²) in [7, 11) is 0. The van der Waals surface area contributed by atoms with Crippen molar-refractivity contribution in [1.82, 2.24) is 14.7 Å². The molecule has 0 saturated carbocycles. The maximum atomic E-state index is 14.0. The Labute approximate surface area is 206 Å². The van der Waals surface area contributed by atoms with Crippen molar-refractivity contribution in [3.63, 3.8) is 0 Å². The number of fused-ring (bicyclic) bond motifs is 1. The van der Waals surface area contributed by atoms with Crippen molar-refractivity contribution in [1.29, 1.82) is 0 Å². The Bertz CT molecular complexity index is 1220. The van der Waals surface area contributed by atoms with E-state index in [2.05, 4.69) is 15.3 Å². The Balaban J connectivity index is 1.38. The van der Waals surface area contributed by atoms with E-state index in [0.717, 1.165) is 21.5 Å². The van der Waals surface area contributed by atoms with E-state index in [0.29, 0.717) is 31.2 Å². The van der Waals surface area contributed by atoms with Crippen molar-refractivity contribution in [2.45, 2.75) is 31.6 Å². The molecule has 2 atom stereocenters. The minimum atomic E-state index is -4.49. The molecule has 2 aliphatic rings. The van der Waals surface area contributed by atoms with Crippen LogP contribution in [0.25, 0.3) is 0 Å². The summed E-state index contributed by atoms with van der Waals surface area (Å²) >= 11 is 6.10. The molecule has 0 spiro atoms. The van der Waals surface area contributed by atoms with Gasteiger partial charge < -0.3 is 15.1 Å². The number of carbonyl (C=O) groups excluding carboxylic acids is 1. The van der Waals surface area contributed by atoms with Gasteiger partial charge in [-0.2, -0.15) is 18.3 Å². The molecule has 1 amide bonds. The monoisotopic (exact) mass is 503 g/mol. The summed E-state index contributed by atoms with van der Waals surface area (Å²) in [5, 5.41) is 7.81. The summed E-state index contributed by atoms with van der Waals surface area (Å²) in [6.07, 6.45) is -3.44. The SMILES string of the molecule is Cc1ccc(C2CC(C(F)(F)F)n3ncc(C(=O)N4CCN(c5cccc(Cl)c5)CC4)c3N2)cc1. The summed E-state index contributed by atoms with van der Waals surface area (Å²) < 4.78 is 42.8. The van der Waals surface area contributed by atoms with Crippen LogP contribution in [0, 0.1) is 6.92 Å². The highest BCUT2D eigenvalue weighted by atomic mass is 35.5. The van der Waals surface area contributed by atoms with E-state index < -0.39 is 18.3 Å². The number of carbonyl (C=O) groups is 1. The highest BCUT2D eigenvalue weighted by molar-refractivity contribution is 6.30. The van der Waals surface area contributed by atoms with E-state index in [1.165, 1.54) is 6.20 Å². The summed E-state index contributed by atoms with van der Waals surface area (Å²) in [5.41, 5.74) is 2.90. The Hall–Kier alpha value is -3.20. The molecule has 2 aromatic carbocycles. The Morgan fingerprint density at radius 3 is 2.46 bits per heavy atom. The quantitative estimate of drug-likeness (QED) is 0.515. The van der Waals surface area contributed by atoms with Crippen molar-refractivity contribution in [2.24, 2.45) is 0 Å². The summed E-state index contributed by atoms with van der Waals surface area (Å²) in [6, 6.07) is 12.5. The van der Waals surface area contributed by atoms with Crippen LogP contribution in [0.5, 0.6) is 0 Å². The predicted molar refractivity (Wildman–Crippen MR) is 129 cm³/mol. The number of amides is 1. The van der Waals surface area contributed by atoms with Gasteiger partial charge in [0.2, 0.25) is 0 Å². The van der Waals surface area contributed by atoms with Crippen molar-refractivity contribution >= 4 is 29.0 Å². The minimum Gasteiger partial charge on any atom is -0.368 e. The second-order valence-corrected chi connectivity index (χ2v) is 9.45. The summed E-state index contributed by atoms with van der Waals surface area (Å²) in [5.74, 6) is -0.207. The van der Waals surface area contributed by atoms with Crippen LogP contribution < -0.4 is 10.2 Å². The molecule has 0 bridgehead atoms. The fourth-order valence-electron chi connectivity index (χ4n) is 4.75. The lowest BCUT2D eigenvalue weighted by Gasteiger charge is -2.37. The van der Waals surface area contributed by atoms with Gasteiger partial charge in [-0.1, -0.05) is 47.5 Å². The first kappa shape index (κ1) is 23.5. The number of aryl methyl sites for hydroxylation is 1. The molecule has 3 heterocycles. The van der Waals surface area contributed by atoms with Gasteiger partial charge in [0.05, 0.1) is 12.2 Å². The number of nitrogens with zero attached hydrogens (tertiary/aromatic N) is 4. The molecule has 1 aromatic heterocycles. The van der Waals surface area contributed by atoms with Gasteiger partial charge in [-0.25, -0.2) is 4.68 Å². The normalized spacial score (nSPS) is 20.4. The van der Waals surface area contributed by atoms with E-state index in [-0.39, 0.29) is 23.7 Å². The lowest BCUT2D eigenvalue weighted by atomic mass is 9.96. The molecular weight excluding hydrogens is 479 g/mol. The molecule has 5 rings (SSSR count). The Kier molecular flexibility index (Phi) is 6.13. The molecule has 3 aromatic rings. The number of alkyl halides is 3. The average molecular weight is 504 g/mol. The number of hydrogen-bond donors (Lipinski definition) is 1. The zero-order chi connectivity index (χ0) is 24.7. The van der Waals surface area contributed by atoms with Crippen molar-refractivity contribution in [3.05, 3.63) is 76.4 Å². The molecule has 1 fully saturated rings. The molecular formula is C25H25ClF3N5O. The Morgan fingerprint density at radius 1 is 1.09 bits per heavy atom. The number of piperazine rings is 1. The molecule has 2 aliphatic heterocycles. The van der Waals surface area contributed by atoms with E-state index in [9.17, 15) is 18.0 Å². The number of benzene rings is 2. The zero-order valence-corrected chi connectivity index (χ0v) is 19.9. The molecule has 0 radical (unpaired) electrons. The third kappa shape index (κ3) is 4.69. The number of rotatable bonds is 3. The van der Waals surface area contributed by atoms with Gasteiger partial charge in [-0.3, -0.25) is 4.79 Å². The van der Waals surface area contributed by atoms with Gasteiger partial charge in [0, 0.05) is 43.3 Å². The molecule has 35 heavy (non-hydrogen) atoms. The van der Waals surface area contributed by atoms with E-state index in [1.54, 1.807) is 11.0 Å². The van der Waals surface area contributed by atoms with Gasteiger partial charge >= 0.3 is 6.18 Å². The van der Waals surface area contributed by atoms with Crippen LogP contribution in [0.15, 0.2) is 54.7 Å². The fourth-order valence-corrected chi connectivity index (χ4v) is 4.93. The molecule has 1 saturated heterocycles. The lowest BCUT2D eigenvalue weighted by Crippen LogP contribution is -2.49. The molecule has 10 heteroatoms. The second-order valence-electron chi connectivity index (χ2n) is 9.01. The van der Waals surface area contributed by atoms with Gasteiger partial charge in [-0.05, 0) is 30.7 Å². The van der Waals surface area contributed by atoms with E-state index >= 15 is 0 Å². The predicted octanol–water partition coefficient (Wildman–Crippen LogP) is 5.47. The van der Waals surface area contributed by atoms with Crippen LogP contribution >= 0.6 is 11.6 Å².